The highest BCUT2D eigenvalue weighted by molar-refractivity contribution is 9.10. The third kappa shape index (κ3) is 5.69. The van der Waals surface area contributed by atoms with Crippen molar-refractivity contribution in [1.82, 2.24) is 24.8 Å². The van der Waals surface area contributed by atoms with E-state index >= 15 is 0 Å². The molecule has 2 aromatic rings. The van der Waals surface area contributed by atoms with Crippen LogP contribution in [0.25, 0.3) is 5.65 Å². The smallest absolute Gasteiger partial charge is 0.410 e. The zero-order chi connectivity index (χ0) is 22.1. The van der Waals surface area contributed by atoms with Gasteiger partial charge in [-0.2, -0.15) is 0 Å². The van der Waals surface area contributed by atoms with Crippen LogP contribution in [0.4, 0.5) is 4.79 Å². The highest BCUT2D eigenvalue weighted by Crippen LogP contribution is 2.22. The summed E-state index contributed by atoms with van der Waals surface area (Å²) in [6, 6.07) is 1.96. The molecule has 0 bridgehead atoms. The summed E-state index contributed by atoms with van der Waals surface area (Å²) in [6.45, 7) is 9.46. The summed E-state index contributed by atoms with van der Waals surface area (Å²) in [5.41, 5.74) is 7.25. The Kier molecular flexibility index (Phi) is 6.71. The summed E-state index contributed by atoms with van der Waals surface area (Å²) in [7, 11) is 0. The molecule has 0 aromatic carbocycles. The molecule has 9 nitrogen and oxygen atoms in total. The van der Waals surface area contributed by atoms with Gasteiger partial charge in [-0.1, -0.05) is 0 Å². The molecule has 1 unspecified atom stereocenters. The van der Waals surface area contributed by atoms with Crippen LogP contribution in [-0.4, -0.2) is 68.0 Å². The predicted molar refractivity (Wildman–Crippen MR) is 117 cm³/mol. The van der Waals surface area contributed by atoms with Gasteiger partial charge in [-0.05, 0) is 68.1 Å². The molecule has 1 amide bonds. The van der Waals surface area contributed by atoms with Crippen molar-refractivity contribution < 1.29 is 14.6 Å². The van der Waals surface area contributed by atoms with Crippen LogP contribution in [0.2, 0.25) is 0 Å². The van der Waals surface area contributed by atoms with E-state index in [1.807, 2.05) is 40.0 Å². The molecule has 3 rings (SSSR count). The minimum Gasteiger partial charge on any atom is -0.444 e. The van der Waals surface area contributed by atoms with Crippen LogP contribution in [0, 0.1) is 6.92 Å². The molecular formula is C20H31BrN6O3. The second-order valence-electron chi connectivity index (χ2n) is 9.06. The number of fused-ring (bicyclic) bond motifs is 1. The Balaban J connectivity index is 1.49. The maximum absolute atomic E-state index is 12.2. The van der Waals surface area contributed by atoms with E-state index in [1.54, 1.807) is 9.42 Å². The number of amides is 1. The van der Waals surface area contributed by atoms with E-state index in [2.05, 4.69) is 31.3 Å². The first-order valence-corrected chi connectivity index (χ1v) is 10.9. The monoisotopic (exact) mass is 482 g/mol. The van der Waals surface area contributed by atoms with Crippen molar-refractivity contribution in [2.24, 2.45) is 5.73 Å². The maximum atomic E-state index is 12.2. The maximum Gasteiger partial charge on any atom is 0.410 e. The molecule has 1 aliphatic rings. The van der Waals surface area contributed by atoms with Crippen molar-refractivity contribution in [1.29, 1.82) is 0 Å². The molecule has 3 heterocycles. The van der Waals surface area contributed by atoms with Gasteiger partial charge in [-0.3, -0.25) is 0 Å². The van der Waals surface area contributed by atoms with E-state index in [0.717, 1.165) is 15.7 Å². The van der Waals surface area contributed by atoms with E-state index in [1.165, 1.54) is 0 Å². The first kappa shape index (κ1) is 22.9. The molecule has 1 fully saturated rings. The minimum absolute atomic E-state index is 0.297. The van der Waals surface area contributed by atoms with Crippen molar-refractivity contribution in [3.8, 4) is 0 Å². The standard InChI is InChI=1S/C20H31BrN6O3/c1-13-9-14(21)11-27-17(13)24-16(25-27)15(28)10-23-12-20(22)5-7-26(8-6-20)18(29)30-19(2,3)4/h9,11,15,23,28H,5-8,10,12,22H2,1-4H3. The Labute approximate surface area is 185 Å². The van der Waals surface area contributed by atoms with Crippen molar-refractivity contribution in [2.45, 2.75) is 57.8 Å². The number of aryl methyl sites for hydroxylation is 1. The molecule has 4 N–H and O–H groups in total. The van der Waals surface area contributed by atoms with Gasteiger partial charge in [0.25, 0.3) is 0 Å². The van der Waals surface area contributed by atoms with Crippen molar-refractivity contribution in [2.75, 3.05) is 26.2 Å². The van der Waals surface area contributed by atoms with Crippen molar-refractivity contribution in [3.05, 3.63) is 28.1 Å². The largest absolute Gasteiger partial charge is 0.444 e. The number of hydrogen-bond acceptors (Lipinski definition) is 7. The first-order valence-electron chi connectivity index (χ1n) is 10.1. The predicted octanol–water partition coefficient (Wildman–Crippen LogP) is 2.15. The number of pyridine rings is 1. The SMILES string of the molecule is Cc1cc(Br)cn2nc(C(O)CNCC3(N)CCN(C(=O)OC(C)(C)C)CC3)nc12. The van der Waals surface area contributed by atoms with Crippen molar-refractivity contribution in [3.63, 3.8) is 0 Å². The number of likely N-dealkylation sites (tertiary alicyclic amines) is 1. The fraction of sp³-hybridized carbons (Fsp3) is 0.650. The number of aliphatic hydroxyl groups excluding tert-OH is 1. The Morgan fingerprint density at radius 1 is 1.43 bits per heavy atom. The van der Waals surface area contributed by atoms with Gasteiger partial charge in [-0.15, -0.1) is 5.10 Å². The number of ether oxygens (including phenoxy) is 1. The average molecular weight is 483 g/mol. The second kappa shape index (κ2) is 8.78. The third-order valence-corrected chi connectivity index (χ3v) is 5.56. The highest BCUT2D eigenvalue weighted by atomic mass is 79.9. The third-order valence-electron chi connectivity index (χ3n) is 5.12. The van der Waals surface area contributed by atoms with E-state index in [-0.39, 0.29) is 6.09 Å². The fourth-order valence-electron chi connectivity index (χ4n) is 3.45. The Morgan fingerprint density at radius 2 is 2.10 bits per heavy atom. The number of rotatable bonds is 5. The Bertz CT molecular complexity index is 902. The van der Waals surface area contributed by atoms with Gasteiger partial charge >= 0.3 is 6.09 Å². The lowest BCUT2D eigenvalue weighted by Crippen LogP contribution is -2.57. The number of hydrogen-bond donors (Lipinski definition) is 3. The minimum atomic E-state index is -0.839. The van der Waals surface area contributed by atoms with Gasteiger partial charge in [0.05, 0.1) is 0 Å². The quantitative estimate of drug-likeness (QED) is 0.597. The van der Waals surface area contributed by atoms with Crippen LogP contribution in [0.3, 0.4) is 0 Å². The number of aliphatic hydroxyl groups is 1. The number of aromatic nitrogens is 3. The lowest BCUT2D eigenvalue weighted by Gasteiger charge is -2.39. The molecule has 0 saturated carbocycles. The number of nitrogens with one attached hydrogen (secondary N) is 1. The van der Waals surface area contributed by atoms with Crippen LogP contribution < -0.4 is 11.1 Å². The van der Waals surface area contributed by atoms with Gasteiger partial charge in [0.2, 0.25) is 0 Å². The molecule has 1 atom stereocenters. The van der Waals surface area contributed by atoms with Gasteiger partial charge in [0.15, 0.2) is 11.5 Å². The number of nitrogens with two attached hydrogens (primary N) is 1. The van der Waals surface area contributed by atoms with Gasteiger partial charge in [-0.25, -0.2) is 14.3 Å². The number of carbonyl (C=O) groups is 1. The van der Waals surface area contributed by atoms with E-state index in [0.29, 0.717) is 44.8 Å². The van der Waals surface area contributed by atoms with E-state index in [4.69, 9.17) is 10.5 Å². The molecule has 0 radical (unpaired) electrons. The molecule has 30 heavy (non-hydrogen) atoms. The molecule has 1 aliphatic heterocycles. The first-order chi connectivity index (χ1) is 14.0. The lowest BCUT2D eigenvalue weighted by molar-refractivity contribution is 0.0167. The van der Waals surface area contributed by atoms with Gasteiger partial charge in [0.1, 0.15) is 11.7 Å². The summed E-state index contributed by atoms with van der Waals surface area (Å²) < 4.78 is 7.99. The molecule has 0 spiro atoms. The number of halogens is 1. The number of nitrogens with zero attached hydrogens (tertiary/aromatic N) is 4. The molecule has 0 aliphatic carbocycles. The fourth-order valence-corrected chi connectivity index (χ4v) is 3.99. The number of carbonyl (C=O) groups excluding carboxylic acids is 1. The van der Waals surface area contributed by atoms with Crippen LogP contribution in [0.15, 0.2) is 16.7 Å². The van der Waals surface area contributed by atoms with Crippen LogP contribution >= 0.6 is 15.9 Å². The van der Waals surface area contributed by atoms with Crippen LogP contribution in [-0.2, 0) is 4.74 Å². The summed E-state index contributed by atoms with van der Waals surface area (Å²) >= 11 is 3.44. The summed E-state index contributed by atoms with van der Waals surface area (Å²) in [4.78, 5) is 18.3. The zero-order valence-corrected chi connectivity index (χ0v) is 19.6. The Hall–Kier alpha value is -1.75. The summed E-state index contributed by atoms with van der Waals surface area (Å²) in [6.07, 6.45) is 2.00. The van der Waals surface area contributed by atoms with Gasteiger partial charge in [0, 0.05) is 42.4 Å². The molecule has 2 aromatic heterocycles. The highest BCUT2D eigenvalue weighted by Gasteiger charge is 2.34. The normalized spacial score (nSPS) is 17.9. The lowest BCUT2D eigenvalue weighted by atomic mass is 9.88. The van der Waals surface area contributed by atoms with Crippen LogP contribution in [0.5, 0.6) is 0 Å². The summed E-state index contributed by atoms with van der Waals surface area (Å²) in [5, 5.41) is 18.1. The van der Waals surface area contributed by atoms with E-state index < -0.39 is 17.2 Å². The van der Waals surface area contributed by atoms with Gasteiger partial charge < -0.3 is 25.8 Å². The van der Waals surface area contributed by atoms with E-state index in [9.17, 15) is 9.90 Å². The second-order valence-corrected chi connectivity index (χ2v) is 9.97. The molecule has 10 heteroatoms. The number of piperidine rings is 1. The molecule has 1 saturated heterocycles. The summed E-state index contributed by atoms with van der Waals surface area (Å²) in [5.74, 6) is 0.370. The van der Waals surface area contributed by atoms with Crippen molar-refractivity contribution >= 4 is 27.7 Å². The Morgan fingerprint density at radius 3 is 2.73 bits per heavy atom. The molecular weight excluding hydrogens is 452 g/mol. The zero-order valence-electron chi connectivity index (χ0n) is 18.0. The molecule has 166 valence electrons. The topological polar surface area (TPSA) is 118 Å². The van der Waals surface area contributed by atoms with Crippen LogP contribution in [0.1, 0.15) is 51.1 Å². The average Bonchev–Trinajstić information content (AvgIpc) is 3.05.